The zero-order valence-electron chi connectivity index (χ0n) is 14.4. The van der Waals surface area contributed by atoms with E-state index in [4.69, 9.17) is 16.0 Å². The number of hydrogen-bond acceptors (Lipinski definition) is 7. The summed E-state index contributed by atoms with van der Waals surface area (Å²) in [6, 6.07) is 2.49. The lowest BCUT2D eigenvalue weighted by Gasteiger charge is -2.07. The van der Waals surface area contributed by atoms with E-state index < -0.39 is 12.2 Å². The number of anilines is 1. The van der Waals surface area contributed by atoms with Gasteiger partial charge in [-0.2, -0.15) is 0 Å². The molecule has 2 aromatic heterocycles. The number of rotatable bonds is 3. The first-order chi connectivity index (χ1) is 13.2. The normalized spacial score (nSPS) is 14.2. The molecule has 1 aliphatic heterocycles. The lowest BCUT2D eigenvalue weighted by Crippen LogP contribution is -2.25. The summed E-state index contributed by atoms with van der Waals surface area (Å²) in [6.45, 7) is 3.25. The molecular weight excluding hydrogens is 398 g/mol. The molecule has 0 radical (unpaired) electrons. The zero-order valence-corrected chi connectivity index (χ0v) is 15.2. The van der Waals surface area contributed by atoms with E-state index in [1.807, 2.05) is 0 Å². The minimum Gasteiger partial charge on any atom is -0.445 e. The molecule has 0 fully saturated rings. The van der Waals surface area contributed by atoms with Gasteiger partial charge in [-0.1, -0.05) is 11.6 Å². The van der Waals surface area contributed by atoms with Gasteiger partial charge in [0.15, 0.2) is 28.9 Å². The second-order valence-electron chi connectivity index (χ2n) is 5.82. The molecule has 0 bridgehead atoms. The van der Waals surface area contributed by atoms with Crippen molar-refractivity contribution >= 4 is 23.3 Å². The Morgan fingerprint density at radius 3 is 2.46 bits per heavy atom. The second-order valence-corrected chi connectivity index (χ2v) is 6.23. The molecule has 28 heavy (non-hydrogen) atoms. The van der Waals surface area contributed by atoms with E-state index in [-0.39, 0.29) is 33.7 Å². The molecule has 1 amide bonds. The highest BCUT2D eigenvalue weighted by Gasteiger charge is 2.43. The number of nitrogens with one attached hydrogen (secondary N) is 1. The summed E-state index contributed by atoms with van der Waals surface area (Å²) in [4.78, 5) is 24.5. The maximum atomic E-state index is 13.2. The summed E-state index contributed by atoms with van der Waals surface area (Å²) in [5.41, 5.74) is 0.747. The number of nitrogens with zero attached hydrogens (tertiary/aromatic N) is 3. The molecule has 11 heteroatoms. The molecule has 1 aromatic carbocycles. The van der Waals surface area contributed by atoms with Crippen molar-refractivity contribution in [2.24, 2.45) is 0 Å². The fraction of sp³-hybridized carbons (Fsp3) is 0.176. The van der Waals surface area contributed by atoms with Gasteiger partial charge in [-0.3, -0.25) is 9.78 Å². The Bertz CT molecular complexity index is 1090. The van der Waals surface area contributed by atoms with Crippen molar-refractivity contribution in [1.82, 2.24) is 15.0 Å². The van der Waals surface area contributed by atoms with Crippen LogP contribution in [-0.4, -0.2) is 27.2 Å². The van der Waals surface area contributed by atoms with Gasteiger partial charge in [0.25, 0.3) is 5.91 Å². The maximum absolute atomic E-state index is 13.2. The highest BCUT2D eigenvalue weighted by atomic mass is 35.5. The molecule has 144 valence electrons. The first-order valence-corrected chi connectivity index (χ1v) is 8.27. The van der Waals surface area contributed by atoms with Crippen molar-refractivity contribution in [2.45, 2.75) is 20.1 Å². The Labute approximate surface area is 161 Å². The van der Waals surface area contributed by atoms with Crippen LogP contribution in [0, 0.1) is 13.8 Å². The number of benzene rings is 1. The zero-order chi connectivity index (χ0) is 20.1. The van der Waals surface area contributed by atoms with E-state index in [0.29, 0.717) is 17.2 Å². The Balaban J connectivity index is 1.56. The number of aromatic nitrogens is 3. The molecule has 0 saturated carbocycles. The molecule has 4 rings (SSSR count). The van der Waals surface area contributed by atoms with E-state index in [9.17, 15) is 13.6 Å². The van der Waals surface area contributed by atoms with Crippen molar-refractivity contribution in [3.05, 3.63) is 46.9 Å². The molecule has 0 atom stereocenters. The summed E-state index contributed by atoms with van der Waals surface area (Å²) in [5.74, 6) is 0.0712. The molecular formula is C17H11ClF2N4O4. The van der Waals surface area contributed by atoms with Crippen LogP contribution < -0.4 is 14.8 Å². The minimum absolute atomic E-state index is 0.125. The average Bonchev–Trinajstić information content (AvgIpc) is 3.11. The number of alkyl halides is 2. The number of fused-ring (bicyclic) bond motifs is 1. The van der Waals surface area contributed by atoms with Gasteiger partial charge in [-0.15, -0.1) is 8.78 Å². The topological polar surface area (TPSA) is 99.4 Å². The Morgan fingerprint density at radius 2 is 1.86 bits per heavy atom. The van der Waals surface area contributed by atoms with Crippen LogP contribution in [-0.2, 0) is 0 Å². The first-order valence-electron chi connectivity index (χ1n) is 7.89. The van der Waals surface area contributed by atoms with E-state index >= 15 is 0 Å². The van der Waals surface area contributed by atoms with Crippen LogP contribution in [0.15, 0.2) is 28.9 Å². The third kappa shape index (κ3) is 3.33. The summed E-state index contributed by atoms with van der Waals surface area (Å²) >= 11 is 6.12. The van der Waals surface area contributed by atoms with Gasteiger partial charge in [-0.05, 0) is 13.0 Å². The summed E-state index contributed by atoms with van der Waals surface area (Å²) in [5, 5.41) is 2.67. The summed E-state index contributed by atoms with van der Waals surface area (Å²) in [7, 11) is 0. The van der Waals surface area contributed by atoms with Crippen molar-refractivity contribution < 1.29 is 27.5 Å². The Kier molecular flexibility index (Phi) is 4.15. The highest BCUT2D eigenvalue weighted by Crippen LogP contribution is 2.45. The van der Waals surface area contributed by atoms with Gasteiger partial charge in [0.1, 0.15) is 5.76 Å². The van der Waals surface area contributed by atoms with Gasteiger partial charge in [0.2, 0.25) is 0 Å². The number of oxazole rings is 1. The van der Waals surface area contributed by atoms with Crippen molar-refractivity contribution in [2.75, 3.05) is 5.32 Å². The molecule has 3 heterocycles. The van der Waals surface area contributed by atoms with E-state index in [0.717, 1.165) is 0 Å². The molecule has 1 aliphatic rings. The molecule has 1 N–H and O–H groups in total. The first kappa shape index (κ1) is 18.1. The lowest BCUT2D eigenvalue weighted by molar-refractivity contribution is -0.286. The largest absolute Gasteiger partial charge is 0.586 e. The van der Waals surface area contributed by atoms with Gasteiger partial charge >= 0.3 is 6.29 Å². The molecule has 0 saturated heterocycles. The molecule has 0 spiro atoms. The molecule has 8 nitrogen and oxygen atoms in total. The fourth-order valence-corrected chi connectivity index (χ4v) is 2.87. The van der Waals surface area contributed by atoms with E-state index in [2.05, 4.69) is 29.7 Å². The van der Waals surface area contributed by atoms with Crippen LogP contribution in [0.1, 0.15) is 22.1 Å². The van der Waals surface area contributed by atoms with Gasteiger partial charge in [0.05, 0.1) is 23.1 Å². The van der Waals surface area contributed by atoms with Crippen molar-refractivity contribution in [1.29, 1.82) is 0 Å². The summed E-state index contributed by atoms with van der Waals surface area (Å²) in [6.07, 6.45) is -1.12. The van der Waals surface area contributed by atoms with Crippen LogP contribution in [0.4, 0.5) is 14.6 Å². The Hall–Kier alpha value is -3.27. The monoisotopic (exact) mass is 408 g/mol. The standard InChI is InChI=1S/C17H11ClF2N4O4/c1-7-15(23-8(2)26-7)16(25)24-14-6-21-11(5-22-14)9-3-12-13(4-10(9)18)28-17(19,20)27-12/h3-6H,1-2H3,(H,22,24,25). The maximum Gasteiger partial charge on any atom is 0.586 e. The SMILES string of the molecule is Cc1nc(C(=O)Nc2cnc(-c3cc4c(cc3Cl)OC(F)(F)O4)cn2)c(C)o1. The van der Waals surface area contributed by atoms with Gasteiger partial charge in [-0.25, -0.2) is 9.97 Å². The van der Waals surface area contributed by atoms with Crippen molar-refractivity contribution in [3.63, 3.8) is 0 Å². The van der Waals surface area contributed by atoms with Crippen LogP contribution in [0.2, 0.25) is 5.02 Å². The number of carbonyl (C=O) groups excluding carboxylic acids is 1. The smallest absolute Gasteiger partial charge is 0.445 e. The number of carbonyl (C=O) groups is 1. The fourth-order valence-electron chi connectivity index (χ4n) is 2.61. The third-order valence-corrected chi connectivity index (χ3v) is 4.09. The number of halogens is 3. The van der Waals surface area contributed by atoms with Crippen LogP contribution >= 0.6 is 11.6 Å². The van der Waals surface area contributed by atoms with E-state index in [1.165, 1.54) is 24.5 Å². The lowest BCUT2D eigenvalue weighted by atomic mass is 10.1. The number of hydrogen-bond donors (Lipinski definition) is 1. The van der Waals surface area contributed by atoms with Crippen LogP contribution in [0.25, 0.3) is 11.3 Å². The van der Waals surface area contributed by atoms with Crippen LogP contribution in [0.5, 0.6) is 11.5 Å². The van der Waals surface area contributed by atoms with Gasteiger partial charge in [0, 0.05) is 18.6 Å². The molecule has 3 aromatic rings. The van der Waals surface area contributed by atoms with Crippen molar-refractivity contribution in [3.8, 4) is 22.8 Å². The Morgan fingerprint density at radius 1 is 1.14 bits per heavy atom. The van der Waals surface area contributed by atoms with Crippen LogP contribution in [0.3, 0.4) is 0 Å². The average molecular weight is 409 g/mol. The second kappa shape index (κ2) is 6.41. The molecule has 0 aliphatic carbocycles. The predicted octanol–water partition coefficient (Wildman–Crippen LogP) is 3.98. The highest BCUT2D eigenvalue weighted by molar-refractivity contribution is 6.33. The van der Waals surface area contributed by atoms with E-state index in [1.54, 1.807) is 13.8 Å². The molecule has 0 unspecified atom stereocenters. The summed E-state index contributed by atoms with van der Waals surface area (Å²) < 4.78 is 40.3. The number of amides is 1. The minimum atomic E-state index is -3.75. The third-order valence-electron chi connectivity index (χ3n) is 3.78. The quantitative estimate of drug-likeness (QED) is 0.699. The number of ether oxygens (including phenoxy) is 2. The number of aryl methyl sites for hydroxylation is 2. The predicted molar refractivity (Wildman–Crippen MR) is 92.6 cm³/mol. The van der Waals surface area contributed by atoms with Gasteiger partial charge < -0.3 is 19.2 Å².